The number of hydrogen-bond donors (Lipinski definition) is 2. The van der Waals surface area contributed by atoms with Crippen LogP contribution < -0.4 is 0 Å². The Kier molecular flexibility index (Phi) is 8.59. The molecule has 4 nitrogen and oxygen atoms in total. The van der Waals surface area contributed by atoms with E-state index in [1.807, 2.05) is 43.3 Å². The van der Waals surface area contributed by atoms with Crippen LogP contribution in [0.15, 0.2) is 54.6 Å². The van der Waals surface area contributed by atoms with Crippen LogP contribution in [0.25, 0.3) is 0 Å². The van der Waals surface area contributed by atoms with E-state index in [1.54, 1.807) is 0 Å². The number of aliphatic hydroxyl groups excluding tert-OH is 1. The molecule has 1 aliphatic rings. The molecule has 0 amide bonds. The number of carboxylic acid groups (broad SMARTS) is 1. The van der Waals surface area contributed by atoms with Crippen LogP contribution in [0.2, 0.25) is 0 Å². The number of rotatable bonds is 10. The Hall–Kier alpha value is -1.91. The van der Waals surface area contributed by atoms with Crippen molar-refractivity contribution in [2.75, 3.05) is 13.2 Å². The minimum Gasteiger partial charge on any atom is -0.481 e. The number of allylic oxidation sites excluding steroid dienone is 2. The molecule has 1 aromatic rings. The van der Waals surface area contributed by atoms with Crippen molar-refractivity contribution in [1.82, 2.24) is 0 Å². The van der Waals surface area contributed by atoms with Crippen LogP contribution in [0.4, 0.5) is 0 Å². The molecule has 0 spiro atoms. The molecule has 4 heteroatoms. The molecule has 0 radical (unpaired) electrons. The van der Waals surface area contributed by atoms with Gasteiger partial charge in [0.25, 0.3) is 0 Å². The average Bonchev–Trinajstić information content (AvgIpc) is 3.09. The van der Waals surface area contributed by atoms with E-state index in [0.717, 1.165) is 25.0 Å². The molecule has 1 heterocycles. The summed E-state index contributed by atoms with van der Waals surface area (Å²) in [7, 11) is 0. The smallest absolute Gasteiger partial charge is 0.303 e. The van der Waals surface area contributed by atoms with Gasteiger partial charge in [-0.25, -0.2) is 0 Å². The first-order valence-electron chi connectivity index (χ1n) is 9.43. The van der Waals surface area contributed by atoms with Gasteiger partial charge in [-0.15, -0.1) is 0 Å². The molecule has 1 saturated heterocycles. The van der Waals surface area contributed by atoms with E-state index in [2.05, 4.69) is 18.2 Å². The summed E-state index contributed by atoms with van der Waals surface area (Å²) in [6.45, 7) is 3.46. The van der Waals surface area contributed by atoms with Crippen LogP contribution in [-0.4, -0.2) is 35.5 Å². The Balaban J connectivity index is 1.79. The molecular formula is C22H30O4. The van der Waals surface area contributed by atoms with Crippen molar-refractivity contribution in [3.05, 3.63) is 60.2 Å². The van der Waals surface area contributed by atoms with Crippen LogP contribution in [0.3, 0.4) is 0 Å². The lowest BCUT2D eigenvalue weighted by atomic mass is 9.90. The highest BCUT2D eigenvalue weighted by molar-refractivity contribution is 5.66. The third-order valence-corrected chi connectivity index (χ3v) is 5.01. The largest absolute Gasteiger partial charge is 0.481 e. The van der Waals surface area contributed by atoms with Crippen molar-refractivity contribution in [3.63, 3.8) is 0 Å². The third kappa shape index (κ3) is 6.77. The summed E-state index contributed by atoms with van der Waals surface area (Å²) < 4.78 is 5.61. The molecule has 4 atom stereocenters. The summed E-state index contributed by atoms with van der Waals surface area (Å²) >= 11 is 0. The number of aliphatic hydroxyl groups is 1. The van der Waals surface area contributed by atoms with E-state index in [4.69, 9.17) is 9.84 Å². The molecule has 1 fully saturated rings. The van der Waals surface area contributed by atoms with E-state index in [0.29, 0.717) is 24.9 Å². The first kappa shape index (κ1) is 20.4. The molecular weight excluding hydrogens is 328 g/mol. The maximum absolute atomic E-state index is 10.5. The predicted octanol–water partition coefficient (Wildman–Crippen LogP) is 4.17. The number of hydrogen-bond acceptors (Lipinski definition) is 3. The molecule has 0 aliphatic carbocycles. The van der Waals surface area contributed by atoms with Gasteiger partial charge in [0.1, 0.15) is 0 Å². The minimum absolute atomic E-state index is 0.0577. The Morgan fingerprint density at radius 1 is 1.27 bits per heavy atom. The average molecular weight is 358 g/mol. The van der Waals surface area contributed by atoms with E-state index < -0.39 is 12.1 Å². The van der Waals surface area contributed by atoms with Crippen molar-refractivity contribution in [3.8, 4) is 0 Å². The Bertz CT molecular complexity index is 593. The lowest BCUT2D eigenvalue weighted by Crippen LogP contribution is -2.15. The number of benzene rings is 1. The van der Waals surface area contributed by atoms with Gasteiger partial charge in [-0.2, -0.15) is 0 Å². The number of aliphatic carboxylic acids is 1. The lowest BCUT2D eigenvalue weighted by molar-refractivity contribution is -0.137. The summed E-state index contributed by atoms with van der Waals surface area (Å²) in [5.41, 5.74) is 1.13. The van der Waals surface area contributed by atoms with Gasteiger partial charge in [-0.05, 0) is 30.7 Å². The highest BCUT2D eigenvalue weighted by atomic mass is 16.5. The fourth-order valence-electron chi connectivity index (χ4n) is 3.21. The summed E-state index contributed by atoms with van der Waals surface area (Å²) in [6.07, 6.45) is 10.3. The van der Waals surface area contributed by atoms with Crippen molar-refractivity contribution in [2.24, 2.45) is 11.8 Å². The van der Waals surface area contributed by atoms with Gasteiger partial charge in [0.05, 0.1) is 19.3 Å². The van der Waals surface area contributed by atoms with Gasteiger partial charge in [0, 0.05) is 18.3 Å². The normalized spacial score (nSPS) is 22.8. The molecule has 0 aromatic heterocycles. The van der Waals surface area contributed by atoms with Gasteiger partial charge >= 0.3 is 5.97 Å². The highest BCUT2D eigenvalue weighted by Crippen LogP contribution is 2.27. The Labute approximate surface area is 156 Å². The van der Waals surface area contributed by atoms with Crippen molar-refractivity contribution in [1.29, 1.82) is 0 Å². The van der Waals surface area contributed by atoms with Crippen LogP contribution >= 0.6 is 0 Å². The molecule has 1 aliphatic heterocycles. The summed E-state index contributed by atoms with van der Waals surface area (Å²) in [5, 5.41) is 19.1. The fourth-order valence-corrected chi connectivity index (χ4v) is 3.21. The highest BCUT2D eigenvalue weighted by Gasteiger charge is 2.25. The Morgan fingerprint density at radius 2 is 2.04 bits per heavy atom. The Morgan fingerprint density at radius 3 is 2.77 bits per heavy atom. The maximum atomic E-state index is 10.5. The van der Waals surface area contributed by atoms with Gasteiger partial charge in [0.2, 0.25) is 0 Å². The van der Waals surface area contributed by atoms with Crippen LogP contribution in [0.1, 0.15) is 44.1 Å². The van der Waals surface area contributed by atoms with Crippen LogP contribution in [0.5, 0.6) is 0 Å². The zero-order valence-corrected chi connectivity index (χ0v) is 15.5. The number of ether oxygens (including phenoxy) is 1. The first-order chi connectivity index (χ1) is 12.6. The second-order valence-electron chi connectivity index (χ2n) is 7.03. The summed E-state index contributed by atoms with van der Waals surface area (Å²) in [5.74, 6) is 0.0518. The number of carboxylic acids is 1. The fraction of sp³-hybridized carbons (Fsp3) is 0.500. The number of unbranched alkanes of at least 4 members (excludes halogenated alkanes) is 1. The van der Waals surface area contributed by atoms with E-state index in [-0.39, 0.29) is 12.3 Å². The van der Waals surface area contributed by atoms with Crippen LogP contribution in [-0.2, 0) is 9.53 Å². The van der Waals surface area contributed by atoms with Crippen LogP contribution in [0, 0.1) is 11.8 Å². The molecule has 26 heavy (non-hydrogen) atoms. The second kappa shape index (κ2) is 10.9. The lowest BCUT2D eigenvalue weighted by Gasteiger charge is -2.17. The first-order valence-corrected chi connectivity index (χ1v) is 9.43. The van der Waals surface area contributed by atoms with Crippen molar-refractivity contribution in [2.45, 2.75) is 44.6 Å². The van der Waals surface area contributed by atoms with Crippen molar-refractivity contribution >= 4 is 5.97 Å². The molecule has 2 N–H and O–H groups in total. The monoisotopic (exact) mass is 358 g/mol. The second-order valence-corrected chi connectivity index (χ2v) is 7.03. The van der Waals surface area contributed by atoms with Gasteiger partial charge in [-0.3, -0.25) is 4.79 Å². The molecule has 0 bridgehead atoms. The predicted molar refractivity (Wildman–Crippen MR) is 103 cm³/mol. The summed E-state index contributed by atoms with van der Waals surface area (Å²) in [4.78, 5) is 10.5. The molecule has 0 saturated carbocycles. The quantitative estimate of drug-likeness (QED) is 0.487. The van der Waals surface area contributed by atoms with E-state index >= 15 is 0 Å². The minimum atomic E-state index is -0.740. The maximum Gasteiger partial charge on any atom is 0.303 e. The zero-order valence-electron chi connectivity index (χ0n) is 15.5. The van der Waals surface area contributed by atoms with Gasteiger partial charge < -0.3 is 14.9 Å². The molecule has 1 aromatic carbocycles. The SMILES string of the molecule is CC(c1ccccc1)C(O)C=C[C@H]1COC[C@@H]1CC=CCCCC(=O)O. The topological polar surface area (TPSA) is 66.8 Å². The molecule has 2 rings (SSSR count). The van der Waals surface area contributed by atoms with Gasteiger partial charge in [0.15, 0.2) is 0 Å². The number of carbonyl (C=O) groups is 1. The molecule has 2 unspecified atom stereocenters. The van der Waals surface area contributed by atoms with Crippen molar-refractivity contribution < 1.29 is 19.7 Å². The zero-order chi connectivity index (χ0) is 18.8. The van der Waals surface area contributed by atoms with Gasteiger partial charge in [-0.1, -0.05) is 61.6 Å². The van der Waals surface area contributed by atoms with E-state index in [1.165, 1.54) is 0 Å². The standard InChI is InChI=1S/C22H30O4/c1-17(18-9-6-4-7-10-18)21(23)14-13-20-16-26-15-19(20)11-5-2-3-8-12-22(24)25/h2,4-7,9-10,13-14,17,19-21,23H,3,8,11-12,15-16H2,1H3,(H,24,25)/t17?,19-,20-,21?/m0/s1. The summed E-state index contributed by atoms with van der Waals surface area (Å²) in [6, 6.07) is 10.0. The van der Waals surface area contributed by atoms with E-state index in [9.17, 15) is 9.90 Å². The third-order valence-electron chi connectivity index (χ3n) is 5.01. The molecule has 142 valence electrons.